The van der Waals surface area contributed by atoms with Crippen LogP contribution < -0.4 is 14.2 Å². The van der Waals surface area contributed by atoms with Gasteiger partial charge in [0.25, 0.3) is 10.1 Å². The van der Waals surface area contributed by atoms with Crippen LogP contribution in [0.1, 0.15) is 6.92 Å². The Kier molecular flexibility index (Phi) is 10.3. The van der Waals surface area contributed by atoms with Gasteiger partial charge in [-0.1, -0.05) is 0 Å². The van der Waals surface area contributed by atoms with E-state index in [2.05, 4.69) is 45.2 Å². The minimum atomic E-state index is -4.42. The summed E-state index contributed by atoms with van der Waals surface area (Å²) in [5, 5.41) is 0. The highest BCUT2D eigenvalue weighted by atomic mass is 127. The van der Waals surface area contributed by atoms with Crippen molar-refractivity contribution in [2.24, 2.45) is 5.41 Å². The van der Waals surface area contributed by atoms with Crippen molar-refractivity contribution >= 4 is 106 Å². The molecule has 0 amide bonds. The molecule has 0 aliphatic rings. The number of rotatable bonds is 9. The summed E-state index contributed by atoms with van der Waals surface area (Å²) in [4.78, 5) is 13.1. The Bertz CT molecular complexity index is 1240. The molecule has 0 heterocycles. The van der Waals surface area contributed by atoms with E-state index in [1.807, 2.05) is 48.5 Å². The van der Waals surface area contributed by atoms with Crippen molar-refractivity contribution in [3.05, 3.63) is 74.9 Å². The number of halogens is 4. The molecule has 0 unspecified atom stereocenters. The van der Waals surface area contributed by atoms with Gasteiger partial charge in [0.05, 0.1) is 0 Å². The molecule has 0 aliphatic carbocycles. The van der Waals surface area contributed by atoms with Gasteiger partial charge in [0.2, 0.25) is 0 Å². The van der Waals surface area contributed by atoms with Crippen LogP contribution in [0.3, 0.4) is 0 Å². The minimum Gasteiger partial charge on any atom is -0.492 e. The Morgan fingerprint density at radius 1 is 0.800 bits per heavy atom. The Labute approximate surface area is 258 Å². The minimum absolute atomic E-state index is 0.0198. The molecule has 186 valence electrons. The smallest absolute Gasteiger partial charge is 0.324 e. The van der Waals surface area contributed by atoms with Crippen LogP contribution in [0.15, 0.2) is 65.6 Å². The third kappa shape index (κ3) is 8.27. The summed E-state index contributed by atoms with van der Waals surface area (Å²) in [6.45, 7) is 1.64. The van der Waals surface area contributed by atoms with E-state index in [0.29, 0.717) is 11.5 Å². The topological polar surface area (TPSA) is 99.1 Å². The molecule has 1 N–H and O–H groups in total. The molecular formula is C23H18I4O7S. The number of hydrogen-bond acceptors (Lipinski definition) is 6. The summed E-state index contributed by atoms with van der Waals surface area (Å²) in [6.07, 6.45) is 0. The second-order valence-electron chi connectivity index (χ2n) is 7.63. The third-order valence-corrected chi connectivity index (χ3v) is 9.50. The first kappa shape index (κ1) is 29.1. The molecule has 12 heteroatoms. The second kappa shape index (κ2) is 12.4. The van der Waals surface area contributed by atoms with Gasteiger partial charge in [-0.25, -0.2) is 0 Å². The quantitative estimate of drug-likeness (QED) is 0.115. The second-order valence-corrected chi connectivity index (χ2v) is 13.8. The third-order valence-electron chi connectivity index (χ3n) is 4.68. The summed E-state index contributed by atoms with van der Waals surface area (Å²) in [5.74, 6) is 0.728. The first-order valence-electron chi connectivity index (χ1n) is 9.83. The monoisotopic (exact) mass is 946 g/mol. The lowest BCUT2D eigenvalue weighted by atomic mass is 9.93. The molecule has 0 saturated carbocycles. The van der Waals surface area contributed by atoms with Crippen LogP contribution in [0.25, 0.3) is 0 Å². The molecule has 35 heavy (non-hydrogen) atoms. The molecule has 0 spiro atoms. The van der Waals surface area contributed by atoms with Crippen LogP contribution in [0, 0.1) is 19.7 Å². The van der Waals surface area contributed by atoms with Gasteiger partial charge in [-0.15, -0.1) is 0 Å². The zero-order valence-corrected chi connectivity index (χ0v) is 27.5. The van der Waals surface area contributed by atoms with Crippen molar-refractivity contribution < 1.29 is 32.0 Å². The van der Waals surface area contributed by atoms with Crippen LogP contribution in [-0.4, -0.2) is 32.2 Å². The molecule has 7 nitrogen and oxygen atoms in total. The Morgan fingerprint density at radius 3 is 1.57 bits per heavy atom. The zero-order valence-electron chi connectivity index (χ0n) is 18.0. The zero-order chi connectivity index (χ0) is 25.8. The molecule has 3 aromatic carbocycles. The first-order chi connectivity index (χ1) is 16.4. The number of benzene rings is 3. The molecule has 0 atom stereocenters. The largest absolute Gasteiger partial charge is 0.492 e. The maximum atomic E-state index is 13.3. The van der Waals surface area contributed by atoms with Crippen molar-refractivity contribution in [3.63, 3.8) is 0 Å². The molecule has 0 bridgehead atoms. The van der Waals surface area contributed by atoms with Gasteiger partial charge in [0, 0.05) is 14.3 Å². The maximum absolute atomic E-state index is 13.3. The van der Waals surface area contributed by atoms with Gasteiger partial charge in [-0.05, 0) is 158 Å². The number of ether oxygens (including phenoxy) is 3. The fourth-order valence-corrected chi connectivity index (χ4v) is 7.49. The number of hydrogen-bond donors (Lipinski definition) is 1. The van der Waals surface area contributed by atoms with E-state index < -0.39 is 21.5 Å². The van der Waals surface area contributed by atoms with E-state index >= 15 is 0 Å². The summed E-state index contributed by atoms with van der Waals surface area (Å²) in [5.41, 5.74) is -1.20. The van der Waals surface area contributed by atoms with E-state index in [0.717, 1.165) is 7.14 Å². The van der Waals surface area contributed by atoms with Crippen molar-refractivity contribution in [2.75, 3.05) is 13.2 Å². The van der Waals surface area contributed by atoms with Crippen LogP contribution in [0.2, 0.25) is 0 Å². The van der Waals surface area contributed by atoms with Crippen molar-refractivity contribution in [2.45, 2.75) is 11.8 Å². The standard InChI is InChI=1S/C23H18I4O7S/c1-23(12-32-16-6-2-14(24)3-7-16,13-33-17-8-4-15(25)5-9-17)22(28)34-18-10-19(26)21(20(27)11-18)35(29,30)31/h2-11H,12-13H2,1H3,(H,29,30,31). The normalized spacial score (nSPS) is 11.7. The maximum Gasteiger partial charge on any atom is 0.324 e. The van der Waals surface area contributed by atoms with Gasteiger partial charge in [0.1, 0.15) is 40.8 Å². The molecule has 0 aromatic heterocycles. The van der Waals surface area contributed by atoms with Crippen molar-refractivity contribution in [1.82, 2.24) is 0 Å². The predicted octanol–water partition coefficient (Wildman–Crippen LogP) is 6.42. The Balaban J connectivity index is 1.84. The average molecular weight is 946 g/mol. The van der Waals surface area contributed by atoms with Crippen LogP contribution in [0.5, 0.6) is 17.2 Å². The average Bonchev–Trinajstić information content (AvgIpc) is 2.77. The van der Waals surface area contributed by atoms with E-state index in [4.69, 9.17) is 14.2 Å². The Hall–Kier alpha value is -0.440. The SMILES string of the molecule is CC(COc1ccc(I)cc1)(COc1ccc(I)cc1)C(=O)Oc1cc(I)c(S(=O)(=O)O)c(I)c1. The fourth-order valence-electron chi connectivity index (χ4n) is 2.78. The van der Waals surface area contributed by atoms with E-state index in [-0.39, 0.29) is 31.0 Å². The van der Waals surface area contributed by atoms with E-state index in [1.54, 1.807) is 52.1 Å². The first-order valence-corrected chi connectivity index (χ1v) is 15.6. The van der Waals surface area contributed by atoms with Crippen LogP contribution in [-0.2, 0) is 14.9 Å². The molecule has 0 aliphatic heterocycles. The van der Waals surface area contributed by atoms with Gasteiger partial charge in [-0.3, -0.25) is 9.35 Å². The summed E-state index contributed by atoms with van der Waals surface area (Å²) in [6, 6.07) is 17.6. The Morgan fingerprint density at radius 2 is 1.20 bits per heavy atom. The highest BCUT2D eigenvalue weighted by Crippen LogP contribution is 2.31. The molecule has 3 rings (SSSR count). The van der Waals surface area contributed by atoms with Crippen molar-refractivity contribution in [1.29, 1.82) is 0 Å². The van der Waals surface area contributed by atoms with Crippen LogP contribution >= 0.6 is 90.4 Å². The highest BCUT2D eigenvalue weighted by molar-refractivity contribution is 14.1. The molecule has 0 fully saturated rings. The van der Waals surface area contributed by atoms with Crippen molar-refractivity contribution in [3.8, 4) is 17.2 Å². The van der Waals surface area contributed by atoms with Gasteiger partial charge in [0.15, 0.2) is 0 Å². The summed E-state index contributed by atoms with van der Waals surface area (Å²) in [7, 11) is -4.42. The lowest BCUT2D eigenvalue weighted by molar-refractivity contribution is -0.148. The molecular weight excluding hydrogens is 928 g/mol. The van der Waals surface area contributed by atoms with Gasteiger partial charge >= 0.3 is 5.97 Å². The lowest BCUT2D eigenvalue weighted by Gasteiger charge is -2.27. The summed E-state index contributed by atoms with van der Waals surface area (Å²) >= 11 is 7.93. The van der Waals surface area contributed by atoms with E-state index in [1.165, 1.54) is 12.1 Å². The van der Waals surface area contributed by atoms with Crippen LogP contribution in [0.4, 0.5) is 0 Å². The number of carbonyl (C=O) groups is 1. The molecule has 0 radical (unpaired) electrons. The fraction of sp³-hybridized carbons (Fsp3) is 0.174. The van der Waals surface area contributed by atoms with Gasteiger partial charge in [-0.2, -0.15) is 8.42 Å². The highest BCUT2D eigenvalue weighted by Gasteiger charge is 2.38. The van der Waals surface area contributed by atoms with E-state index in [9.17, 15) is 17.8 Å². The lowest BCUT2D eigenvalue weighted by Crippen LogP contribution is -2.42. The predicted molar refractivity (Wildman–Crippen MR) is 165 cm³/mol. The number of carbonyl (C=O) groups excluding carboxylic acids is 1. The number of esters is 1. The summed E-state index contributed by atoms with van der Waals surface area (Å²) < 4.78 is 52.8. The molecule has 3 aromatic rings. The van der Waals surface area contributed by atoms with Gasteiger partial charge < -0.3 is 14.2 Å². The molecule has 0 saturated heterocycles.